The molecule has 1 aliphatic rings. The maximum atomic E-state index is 12.6. The normalized spacial score (nSPS) is 21.5. The smallest absolute Gasteiger partial charge is 0.243 e. The van der Waals surface area contributed by atoms with Crippen molar-refractivity contribution in [2.45, 2.75) is 31.2 Å². The molecule has 0 spiro atoms. The Bertz CT molecular complexity index is 557. The van der Waals surface area contributed by atoms with Gasteiger partial charge in [-0.3, -0.25) is 0 Å². The Balaban J connectivity index is 2.36. The molecule has 1 heterocycles. The number of aryl methyl sites for hydroxylation is 1. The number of morpholine rings is 1. The van der Waals surface area contributed by atoms with Crippen molar-refractivity contribution < 1.29 is 13.2 Å². The van der Waals surface area contributed by atoms with Gasteiger partial charge in [-0.2, -0.15) is 4.31 Å². The largest absolute Gasteiger partial charge is 0.398 e. The van der Waals surface area contributed by atoms with Crippen molar-refractivity contribution in [3.63, 3.8) is 0 Å². The van der Waals surface area contributed by atoms with Gasteiger partial charge in [-0.1, -0.05) is 13.0 Å². The summed E-state index contributed by atoms with van der Waals surface area (Å²) in [4.78, 5) is 0.260. The number of anilines is 1. The third kappa shape index (κ3) is 2.75. The first kappa shape index (κ1) is 14.3. The van der Waals surface area contributed by atoms with E-state index in [1.165, 1.54) is 4.31 Å². The van der Waals surface area contributed by atoms with Gasteiger partial charge in [0.25, 0.3) is 0 Å². The molecular weight excluding hydrogens is 264 g/mol. The molecule has 1 atom stereocenters. The first-order valence-corrected chi connectivity index (χ1v) is 7.88. The van der Waals surface area contributed by atoms with E-state index in [9.17, 15) is 8.42 Å². The standard InChI is InChI=1S/C13H20N2O3S/c1-3-11-4-5-12(8-13(11)14)19(16,17)15-6-7-18-9-10(15)2/h4-5,8,10H,3,6-7,9,14H2,1-2H3. The molecule has 0 aromatic heterocycles. The molecule has 1 aromatic carbocycles. The van der Waals surface area contributed by atoms with Crippen molar-refractivity contribution in [3.05, 3.63) is 23.8 Å². The number of benzene rings is 1. The molecular formula is C13H20N2O3S. The van der Waals surface area contributed by atoms with Crippen LogP contribution in [0.1, 0.15) is 19.4 Å². The van der Waals surface area contributed by atoms with Gasteiger partial charge in [-0.25, -0.2) is 8.42 Å². The fourth-order valence-electron chi connectivity index (χ4n) is 2.26. The van der Waals surface area contributed by atoms with Crippen LogP contribution in [0.15, 0.2) is 23.1 Å². The van der Waals surface area contributed by atoms with E-state index < -0.39 is 10.0 Å². The second-order valence-corrected chi connectivity index (χ2v) is 6.64. The van der Waals surface area contributed by atoms with E-state index in [1.54, 1.807) is 18.2 Å². The summed E-state index contributed by atoms with van der Waals surface area (Å²) in [7, 11) is -3.49. The number of nitrogens with zero attached hydrogens (tertiary/aromatic N) is 1. The van der Waals surface area contributed by atoms with E-state index in [4.69, 9.17) is 10.5 Å². The van der Waals surface area contributed by atoms with Crippen LogP contribution in [0.5, 0.6) is 0 Å². The fraction of sp³-hybridized carbons (Fsp3) is 0.538. The Morgan fingerprint density at radius 2 is 2.21 bits per heavy atom. The summed E-state index contributed by atoms with van der Waals surface area (Å²) in [5, 5.41) is 0. The zero-order chi connectivity index (χ0) is 14.0. The predicted molar refractivity (Wildman–Crippen MR) is 74.4 cm³/mol. The topological polar surface area (TPSA) is 72.6 Å². The highest BCUT2D eigenvalue weighted by Gasteiger charge is 2.31. The molecule has 2 rings (SSSR count). The molecule has 1 saturated heterocycles. The lowest BCUT2D eigenvalue weighted by atomic mass is 10.1. The summed E-state index contributed by atoms with van der Waals surface area (Å²) in [5.41, 5.74) is 7.38. The van der Waals surface area contributed by atoms with Crippen LogP contribution in [-0.4, -0.2) is 38.5 Å². The van der Waals surface area contributed by atoms with Crippen molar-refractivity contribution in [3.8, 4) is 0 Å². The predicted octanol–water partition coefficient (Wildman–Crippen LogP) is 1.24. The summed E-state index contributed by atoms with van der Waals surface area (Å²) >= 11 is 0. The molecule has 19 heavy (non-hydrogen) atoms. The Kier molecular flexibility index (Phi) is 4.13. The second-order valence-electron chi connectivity index (χ2n) is 4.75. The third-order valence-electron chi connectivity index (χ3n) is 3.41. The van der Waals surface area contributed by atoms with Gasteiger partial charge in [0, 0.05) is 18.3 Å². The van der Waals surface area contributed by atoms with Crippen LogP contribution in [0.3, 0.4) is 0 Å². The average molecular weight is 284 g/mol. The molecule has 0 radical (unpaired) electrons. The molecule has 0 saturated carbocycles. The first-order chi connectivity index (χ1) is 8.96. The lowest BCUT2D eigenvalue weighted by molar-refractivity contribution is 0.0393. The average Bonchev–Trinajstić information content (AvgIpc) is 2.39. The van der Waals surface area contributed by atoms with Gasteiger partial charge in [-0.15, -0.1) is 0 Å². The zero-order valence-electron chi connectivity index (χ0n) is 11.3. The van der Waals surface area contributed by atoms with Crippen molar-refractivity contribution in [2.24, 2.45) is 0 Å². The molecule has 1 unspecified atom stereocenters. The van der Waals surface area contributed by atoms with Gasteiger partial charge < -0.3 is 10.5 Å². The molecule has 0 bridgehead atoms. The summed E-state index contributed by atoms with van der Waals surface area (Å²) < 4.78 is 31.9. The number of hydrogen-bond acceptors (Lipinski definition) is 4. The Morgan fingerprint density at radius 3 is 2.79 bits per heavy atom. The van der Waals surface area contributed by atoms with E-state index in [2.05, 4.69) is 0 Å². The molecule has 1 aliphatic heterocycles. The Hall–Kier alpha value is -1.11. The van der Waals surface area contributed by atoms with E-state index in [0.717, 1.165) is 12.0 Å². The molecule has 2 N–H and O–H groups in total. The minimum atomic E-state index is -3.49. The van der Waals surface area contributed by atoms with Crippen LogP contribution >= 0.6 is 0 Å². The maximum Gasteiger partial charge on any atom is 0.243 e. The minimum Gasteiger partial charge on any atom is -0.398 e. The summed E-state index contributed by atoms with van der Waals surface area (Å²) in [5.74, 6) is 0. The quantitative estimate of drug-likeness (QED) is 0.848. The van der Waals surface area contributed by atoms with Gasteiger partial charge in [0.1, 0.15) is 0 Å². The molecule has 6 heteroatoms. The van der Waals surface area contributed by atoms with E-state index in [-0.39, 0.29) is 10.9 Å². The van der Waals surface area contributed by atoms with Gasteiger partial charge in [0.15, 0.2) is 0 Å². The van der Waals surface area contributed by atoms with Gasteiger partial charge in [0.05, 0.1) is 18.1 Å². The maximum absolute atomic E-state index is 12.6. The van der Waals surface area contributed by atoms with Crippen molar-refractivity contribution in [2.75, 3.05) is 25.5 Å². The van der Waals surface area contributed by atoms with E-state index >= 15 is 0 Å². The molecule has 0 amide bonds. The zero-order valence-corrected chi connectivity index (χ0v) is 12.1. The van der Waals surface area contributed by atoms with E-state index in [0.29, 0.717) is 25.4 Å². The monoisotopic (exact) mass is 284 g/mol. The molecule has 0 aliphatic carbocycles. The lowest BCUT2D eigenvalue weighted by Gasteiger charge is -2.32. The van der Waals surface area contributed by atoms with Crippen molar-refractivity contribution >= 4 is 15.7 Å². The third-order valence-corrected chi connectivity index (χ3v) is 5.42. The Labute approximate surface area is 114 Å². The van der Waals surface area contributed by atoms with Crippen LogP contribution in [-0.2, 0) is 21.2 Å². The minimum absolute atomic E-state index is 0.147. The number of nitrogen functional groups attached to an aromatic ring is 1. The molecule has 1 aromatic rings. The number of rotatable bonds is 3. The molecule has 106 valence electrons. The highest BCUT2D eigenvalue weighted by Crippen LogP contribution is 2.24. The fourth-order valence-corrected chi connectivity index (χ4v) is 3.90. The highest BCUT2D eigenvalue weighted by atomic mass is 32.2. The van der Waals surface area contributed by atoms with Gasteiger partial charge in [-0.05, 0) is 31.0 Å². The van der Waals surface area contributed by atoms with Crippen LogP contribution in [0.2, 0.25) is 0 Å². The summed E-state index contributed by atoms with van der Waals surface area (Å²) in [6, 6.07) is 4.82. The summed E-state index contributed by atoms with van der Waals surface area (Å²) in [6.45, 7) is 5.09. The van der Waals surface area contributed by atoms with Gasteiger partial charge in [0.2, 0.25) is 10.0 Å². The van der Waals surface area contributed by atoms with Crippen molar-refractivity contribution in [1.29, 1.82) is 0 Å². The van der Waals surface area contributed by atoms with Crippen molar-refractivity contribution in [1.82, 2.24) is 4.31 Å². The number of sulfonamides is 1. The summed E-state index contributed by atoms with van der Waals surface area (Å²) in [6.07, 6.45) is 0.792. The SMILES string of the molecule is CCc1ccc(S(=O)(=O)N2CCOCC2C)cc1N. The van der Waals surface area contributed by atoms with Crippen LogP contribution < -0.4 is 5.73 Å². The Morgan fingerprint density at radius 1 is 1.47 bits per heavy atom. The van der Waals surface area contributed by atoms with E-state index in [1.807, 2.05) is 13.8 Å². The number of ether oxygens (including phenoxy) is 1. The molecule has 5 nitrogen and oxygen atoms in total. The first-order valence-electron chi connectivity index (χ1n) is 6.44. The van der Waals surface area contributed by atoms with Crippen LogP contribution in [0.4, 0.5) is 5.69 Å². The highest BCUT2D eigenvalue weighted by molar-refractivity contribution is 7.89. The van der Waals surface area contributed by atoms with Crippen LogP contribution in [0, 0.1) is 0 Å². The second kappa shape index (κ2) is 5.48. The molecule has 1 fully saturated rings. The lowest BCUT2D eigenvalue weighted by Crippen LogP contribution is -2.46. The van der Waals surface area contributed by atoms with Gasteiger partial charge >= 0.3 is 0 Å². The number of nitrogens with two attached hydrogens (primary N) is 1. The van der Waals surface area contributed by atoms with Crippen LogP contribution in [0.25, 0.3) is 0 Å². The number of hydrogen-bond donors (Lipinski definition) is 1.